The largest absolute Gasteiger partial charge is 0.387 e. The predicted molar refractivity (Wildman–Crippen MR) is 79.9 cm³/mol. The Morgan fingerprint density at radius 3 is 2.32 bits per heavy atom. The highest BCUT2D eigenvalue weighted by Gasteiger charge is 2.36. The van der Waals surface area contributed by atoms with E-state index >= 15 is 0 Å². The third kappa shape index (κ3) is 3.58. The molecule has 1 saturated carbocycles. The van der Waals surface area contributed by atoms with E-state index in [4.69, 9.17) is 0 Å². The summed E-state index contributed by atoms with van der Waals surface area (Å²) in [6.07, 6.45) is 0.941. The van der Waals surface area contributed by atoms with Crippen LogP contribution in [0.3, 0.4) is 0 Å². The zero-order chi connectivity index (χ0) is 14.0. The molecule has 2 rings (SSSR count). The Morgan fingerprint density at radius 2 is 1.84 bits per heavy atom. The molecule has 2 nitrogen and oxygen atoms in total. The average molecular weight is 261 g/mol. The van der Waals surface area contributed by atoms with Gasteiger partial charge in [-0.25, -0.2) is 0 Å². The molecule has 1 N–H and O–H groups in total. The summed E-state index contributed by atoms with van der Waals surface area (Å²) in [5, 5.41) is 10.7. The highest BCUT2D eigenvalue weighted by Crippen LogP contribution is 2.39. The van der Waals surface area contributed by atoms with E-state index in [0.717, 1.165) is 23.9 Å². The van der Waals surface area contributed by atoms with E-state index in [1.807, 2.05) is 30.3 Å². The lowest BCUT2D eigenvalue weighted by atomic mass is 9.92. The van der Waals surface area contributed by atoms with Crippen LogP contribution < -0.4 is 0 Å². The molecule has 4 unspecified atom stereocenters. The number of benzene rings is 1. The fourth-order valence-electron chi connectivity index (χ4n) is 3.11. The van der Waals surface area contributed by atoms with Crippen LogP contribution in [0.2, 0.25) is 0 Å². The molecular formula is C17H27NO. The van der Waals surface area contributed by atoms with Crippen molar-refractivity contribution in [1.82, 2.24) is 4.90 Å². The number of hydrogen-bond donors (Lipinski definition) is 1. The molecule has 0 spiro atoms. The van der Waals surface area contributed by atoms with Crippen molar-refractivity contribution >= 4 is 0 Å². The van der Waals surface area contributed by atoms with Crippen LogP contribution in [0.15, 0.2) is 30.3 Å². The molecule has 0 aliphatic heterocycles. The van der Waals surface area contributed by atoms with Gasteiger partial charge < -0.3 is 5.11 Å². The van der Waals surface area contributed by atoms with Crippen LogP contribution >= 0.6 is 0 Å². The Kier molecular flexibility index (Phi) is 4.64. The summed E-state index contributed by atoms with van der Waals surface area (Å²) in [5.74, 6) is 2.13. The van der Waals surface area contributed by atoms with Gasteiger partial charge in [0.15, 0.2) is 0 Å². The highest BCUT2D eigenvalue weighted by molar-refractivity contribution is 5.19. The molecule has 0 heterocycles. The number of likely N-dealkylation sites (N-methyl/N-ethyl adjacent to an activating group) is 1. The molecule has 1 fully saturated rings. The lowest BCUT2D eigenvalue weighted by molar-refractivity contribution is 0.0336. The fraction of sp³-hybridized carbons (Fsp3) is 0.647. The minimum absolute atomic E-state index is 0.190. The fourth-order valence-corrected chi connectivity index (χ4v) is 3.11. The normalized spacial score (nSPS) is 25.6. The summed E-state index contributed by atoms with van der Waals surface area (Å²) < 4.78 is 0. The molecule has 1 aromatic rings. The first-order chi connectivity index (χ1) is 9.00. The van der Waals surface area contributed by atoms with Crippen LogP contribution in [0.1, 0.15) is 38.9 Å². The first-order valence-electron chi connectivity index (χ1n) is 7.44. The predicted octanol–water partition coefficient (Wildman–Crippen LogP) is 3.33. The SMILES string of the molecule is CC(C)C(C(O)c1ccccc1)N(C)CC1CC1C. The van der Waals surface area contributed by atoms with Crippen LogP contribution in [0.4, 0.5) is 0 Å². The van der Waals surface area contributed by atoms with Crippen molar-refractivity contribution in [2.24, 2.45) is 17.8 Å². The van der Waals surface area contributed by atoms with E-state index in [2.05, 4.69) is 32.7 Å². The molecule has 1 aromatic carbocycles. The molecule has 4 atom stereocenters. The van der Waals surface area contributed by atoms with Gasteiger partial charge in [-0.1, -0.05) is 51.1 Å². The molecule has 1 aliphatic rings. The van der Waals surface area contributed by atoms with Crippen molar-refractivity contribution in [3.8, 4) is 0 Å². The standard InChI is InChI=1S/C17H27NO/c1-12(2)16(18(4)11-15-10-13(15)3)17(19)14-8-6-5-7-9-14/h5-9,12-13,15-17,19H,10-11H2,1-4H3. The summed E-state index contributed by atoms with van der Waals surface area (Å²) in [5.41, 5.74) is 1.02. The van der Waals surface area contributed by atoms with Crippen molar-refractivity contribution in [2.75, 3.05) is 13.6 Å². The molecule has 19 heavy (non-hydrogen) atoms. The molecule has 1 aliphatic carbocycles. The van der Waals surface area contributed by atoms with Crippen LogP contribution in [0.25, 0.3) is 0 Å². The van der Waals surface area contributed by atoms with Crippen molar-refractivity contribution < 1.29 is 5.11 Å². The maximum absolute atomic E-state index is 10.7. The smallest absolute Gasteiger partial charge is 0.0947 e. The van der Waals surface area contributed by atoms with Gasteiger partial charge in [-0.15, -0.1) is 0 Å². The van der Waals surface area contributed by atoms with Crippen LogP contribution in [0.5, 0.6) is 0 Å². The van der Waals surface area contributed by atoms with Crippen molar-refractivity contribution in [1.29, 1.82) is 0 Å². The lowest BCUT2D eigenvalue weighted by Crippen LogP contribution is -2.42. The topological polar surface area (TPSA) is 23.5 Å². The number of nitrogens with zero attached hydrogens (tertiary/aromatic N) is 1. The minimum atomic E-state index is -0.403. The average Bonchev–Trinajstić information content (AvgIpc) is 3.05. The van der Waals surface area contributed by atoms with Crippen molar-refractivity contribution in [2.45, 2.75) is 39.3 Å². The Bertz CT molecular complexity index is 390. The third-order valence-corrected chi connectivity index (χ3v) is 4.46. The van der Waals surface area contributed by atoms with Crippen molar-refractivity contribution in [3.05, 3.63) is 35.9 Å². The summed E-state index contributed by atoms with van der Waals surface area (Å²) >= 11 is 0. The number of hydrogen-bond acceptors (Lipinski definition) is 2. The maximum Gasteiger partial charge on any atom is 0.0947 e. The van der Waals surface area contributed by atoms with Gasteiger partial charge in [0.25, 0.3) is 0 Å². The Morgan fingerprint density at radius 1 is 1.26 bits per heavy atom. The van der Waals surface area contributed by atoms with E-state index < -0.39 is 6.10 Å². The summed E-state index contributed by atoms with van der Waals surface area (Å²) in [6, 6.07) is 10.2. The summed E-state index contributed by atoms with van der Waals surface area (Å²) in [6.45, 7) is 7.82. The summed E-state index contributed by atoms with van der Waals surface area (Å²) in [4.78, 5) is 2.36. The third-order valence-electron chi connectivity index (χ3n) is 4.46. The Labute approximate surface area is 117 Å². The van der Waals surface area contributed by atoms with Gasteiger partial charge in [-0.3, -0.25) is 4.90 Å². The second-order valence-corrected chi connectivity index (χ2v) is 6.50. The minimum Gasteiger partial charge on any atom is -0.387 e. The van der Waals surface area contributed by atoms with Gasteiger partial charge in [0.2, 0.25) is 0 Å². The molecule has 0 aromatic heterocycles. The monoisotopic (exact) mass is 261 g/mol. The Hall–Kier alpha value is -0.860. The van der Waals surface area contributed by atoms with Gasteiger partial charge in [-0.2, -0.15) is 0 Å². The van der Waals surface area contributed by atoms with Gasteiger partial charge in [0.05, 0.1) is 6.10 Å². The van der Waals surface area contributed by atoms with Gasteiger partial charge in [0.1, 0.15) is 0 Å². The van der Waals surface area contributed by atoms with Gasteiger partial charge in [0, 0.05) is 12.6 Å². The quantitative estimate of drug-likeness (QED) is 0.849. The zero-order valence-corrected chi connectivity index (χ0v) is 12.6. The molecule has 0 amide bonds. The molecule has 106 valence electrons. The van der Waals surface area contributed by atoms with Crippen molar-refractivity contribution in [3.63, 3.8) is 0 Å². The second-order valence-electron chi connectivity index (χ2n) is 6.50. The lowest BCUT2D eigenvalue weighted by Gasteiger charge is -2.35. The molecular weight excluding hydrogens is 234 g/mol. The highest BCUT2D eigenvalue weighted by atomic mass is 16.3. The van der Waals surface area contributed by atoms with E-state index in [-0.39, 0.29) is 6.04 Å². The molecule has 2 heteroatoms. The van der Waals surface area contributed by atoms with E-state index in [9.17, 15) is 5.11 Å². The molecule has 0 bridgehead atoms. The first kappa shape index (κ1) is 14.5. The summed E-state index contributed by atoms with van der Waals surface area (Å²) in [7, 11) is 2.15. The van der Waals surface area contributed by atoms with Gasteiger partial charge >= 0.3 is 0 Å². The second kappa shape index (κ2) is 6.06. The number of aliphatic hydroxyl groups is 1. The first-order valence-corrected chi connectivity index (χ1v) is 7.44. The van der Waals surface area contributed by atoms with Crippen LogP contribution in [-0.2, 0) is 0 Å². The van der Waals surface area contributed by atoms with E-state index in [1.54, 1.807) is 0 Å². The van der Waals surface area contributed by atoms with E-state index in [0.29, 0.717) is 5.92 Å². The number of rotatable bonds is 6. The molecule has 0 saturated heterocycles. The Balaban J connectivity index is 2.06. The van der Waals surface area contributed by atoms with Crippen LogP contribution in [-0.4, -0.2) is 29.6 Å². The van der Waals surface area contributed by atoms with Gasteiger partial charge in [-0.05, 0) is 36.8 Å². The van der Waals surface area contributed by atoms with Crippen LogP contribution in [0, 0.1) is 17.8 Å². The zero-order valence-electron chi connectivity index (χ0n) is 12.6. The number of aliphatic hydroxyl groups excluding tert-OH is 1. The maximum atomic E-state index is 10.7. The van der Waals surface area contributed by atoms with E-state index in [1.165, 1.54) is 6.42 Å². The molecule has 0 radical (unpaired) electrons.